The van der Waals surface area contributed by atoms with E-state index in [2.05, 4.69) is 0 Å². The Morgan fingerprint density at radius 2 is 1.75 bits per heavy atom. The van der Waals surface area contributed by atoms with E-state index in [0.29, 0.717) is 44.0 Å². The molecule has 1 aromatic carbocycles. The monoisotopic (exact) mass is 373 g/mol. The second kappa shape index (κ2) is 9.87. The predicted molar refractivity (Wildman–Crippen MR) is 98.4 cm³/mol. The molecule has 5 nitrogen and oxygen atoms in total. The number of halogens is 2. The molecule has 1 heterocycles. The second-order valence-corrected chi connectivity index (χ2v) is 6.28. The van der Waals surface area contributed by atoms with E-state index in [9.17, 15) is 9.59 Å². The standard InChI is InChI=1S/C17H24ClN3O2.ClH/c1-2-5-15(19)17(23)21-10-8-20(9-11-21)16(22)12-13-6-3-4-7-14(13)18;/h3-4,6-7,15H,2,5,8-12,19H2,1H3;1H. The van der Waals surface area contributed by atoms with Gasteiger partial charge in [-0.3, -0.25) is 9.59 Å². The minimum atomic E-state index is -0.426. The van der Waals surface area contributed by atoms with E-state index in [1.165, 1.54) is 0 Å². The molecule has 1 aliphatic rings. The van der Waals surface area contributed by atoms with Crippen LogP contribution in [0.5, 0.6) is 0 Å². The maximum absolute atomic E-state index is 12.4. The highest BCUT2D eigenvalue weighted by Crippen LogP contribution is 2.17. The van der Waals surface area contributed by atoms with Gasteiger partial charge in [0.15, 0.2) is 0 Å². The molecule has 1 atom stereocenters. The Hall–Kier alpha value is -1.30. The van der Waals surface area contributed by atoms with Crippen LogP contribution in [-0.4, -0.2) is 53.8 Å². The van der Waals surface area contributed by atoms with E-state index in [4.69, 9.17) is 17.3 Å². The molecule has 134 valence electrons. The summed E-state index contributed by atoms with van der Waals surface area (Å²) in [7, 11) is 0. The Balaban J connectivity index is 0.00000288. The summed E-state index contributed by atoms with van der Waals surface area (Å²) in [4.78, 5) is 28.1. The largest absolute Gasteiger partial charge is 0.339 e. The molecule has 1 fully saturated rings. The van der Waals surface area contributed by atoms with E-state index < -0.39 is 6.04 Å². The summed E-state index contributed by atoms with van der Waals surface area (Å²) < 4.78 is 0. The Labute approximate surface area is 154 Å². The van der Waals surface area contributed by atoms with E-state index >= 15 is 0 Å². The van der Waals surface area contributed by atoms with E-state index in [1.807, 2.05) is 25.1 Å². The minimum Gasteiger partial charge on any atom is -0.339 e. The second-order valence-electron chi connectivity index (χ2n) is 5.87. The van der Waals surface area contributed by atoms with Crippen LogP contribution in [0.25, 0.3) is 0 Å². The van der Waals surface area contributed by atoms with Crippen LogP contribution in [0.4, 0.5) is 0 Å². The highest BCUT2D eigenvalue weighted by molar-refractivity contribution is 6.31. The zero-order chi connectivity index (χ0) is 16.8. The fourth-order valence-corrected chi connectivity index (χ4v) is 2.96. The van der Waals surface area contributed by atoms with Gasteiger partial charge in [-0.05, 0) is 18.1 Å². The van der Waals surface area contributed by atoms with Crippen molar-refractivity contribution in [2.75, 3.05) is 26.2 Å². The van der Waals surface area contributed by atoms with Gasteiger partial charge in [-0.15, -0.1) is 12.4 Å². The molecule has 0 aliphatic carbocycles. The average molecular weight is 374 g/mol. The van der Waals surface area contributed by atoms with Crippen LogP contribution in [0.3, 0.4) is 0 Å². The Morgan fingerprint density at radius 3 is 2.33 bits per heavy atom. The van der Waals surface area contributed by atoms with Gasteiger partial charge in [0.1, 0.15) is 0 Å². The van der Waals surface area contributed by atoms with Gasteiger partial charge >= 0.3 is 0 Å². The third kappa shape index (κ3) is 5.36. The third-order valence-electron chi connectivity index (χ3n) is 4.16. The van der Waals surface area contributed by atoms with Crippen molar-refractivity contribution in [3.8, 4) is 0 Å². The molecule has 0 radical (unpaired) electrons. The van der Waals surface area contributed by atoms with Crippen molar-refractivity contribution in [1.82, 2.24) is 9.80 Å². The first-order valence-corrected chi connectivity index (χ1v) is 8.46. The van der Waals surface area contributed by atoms with Crippen LogP contribution >= 0.6 is 24.0 Å². The van der Waals surface area contributed by atoms with Gasteiger partial charge in [0.05, 0.1) is 12.5 Å². The van der Waals surface area contributed by atoms with Crippen LogP contribution in [-0.2, 0) is 16.0 Å². The number of amides is 2. The van der Waals surface area contributed by atoms with Crippen molar-refractivity contribution in [3.05, 3.63) is 34.9 Å². The van der Waals surface area contributed by atoms with Crippen molar-refractivity contribution in [2.24, 2.45) is 5.73 Å². The fraction of sp³-hybridized carbons (Fsp3) is 0.529. The van der Waals surface area contributed by atoms with Crippen LogP contribution in [0, 0.1) is 0 Å². The highest BCUT2D eigenvalue weighted by Gasteiger charge is 2.26. The number of benzene rings is 1. The summed E-state index contributed by atoms with van der Waals surface area (Å²) in [5.74, 6) is 0.0353. The van der Waals surface area contributed by atoms with Crippen molar-refractivity contribution in [1.29, 1.82) is 0 Å². The maximum Gasteiger partial charge on any atom is 0.239 e. The highest BCUT2D eigenvalue weighted by atomic mass is 35.5. The lowest BCUT2D eigenvalue weighted by Gasteiger charge is -2.36. The maximum atomic E-state index is 12.4. The minimum absolute atomic E-state index is 0. The van der Waals surface area contributed by atoms with Gasteiger partial charge in [-0.1, -0.05) is 43.1 Å². The molecular weight excluding hydrogens is 349 g/mol. The van der Waals surface area contributed by atoms with Crippen LogP contribution in [0.15, 0.2) is 24.3 Å². The average Bonchev–Trinajstić information content (AvgIpc) is 2.56. The first kappa shape index (κ1) is 20.7. The molecular formula is C17H25Cl2N3O2. The number of carbonyl (C=O) groups excluding carboxylic acids is 2. The SMILES string of the molecule is CCCC(N)C(=O)N1CCN(C(=O)Cc2ccccc2Cl)CC1.Cl. The van der Waals surface area contributed by atoms with Crippen molar-refractivity contribution >= 4 is 35.8 Å². The summed E-state index contributed by atoms with van der Waals surface area (Å²) in [6, 6.07) is 6.95. The zero-order valence-corrected chi connectivity index (χ0v) is 15.5. The number of rotatable bonds is 5. The summed E-state index contributed by atoms with van der Waals surface area (Å²) in [6.45, 7) is 4.20. The Kier molecular flexibility index (Phi) is 8.53. The summed E-state index contributed by atoms with van der Waals surface area (Å²) in [5.41, 5.74) is 6.72. The molecule has 1 saturated heterocycles. The molecule has 2 amide bonds. The normalized spacial score (nSPS) is 15.6. The molecule has 24 heavy (non-hydrogen) atoms. The Morgan fingerprint density at radius 1 is 1.17 bits per heavy atom. The smallest absolute Gasteiger partial charge is 0.239 e. The van der Waals surface area contributed by atoms with Gasteiger partial charge in [0, 0.05) is 31.2 Å². The fourth-order valence-electron chi connectivity index (χ4n) is 2.76. The van der Waals surface area contributed by atoms with Crippen molar-refractivity contribution in [2.45, 2.75) is 32.2 Å². The molecule has 7 heteroatoms. The zero-order valence-electron chi connectivity index (χ0n) is 13.9. The van der Waals surface area contributed by atoms with Gasteiger partial charge in [0.25, 0.3) is 0 Å². The lowest BCUT2D eigenvalue weighted by molar-refractivity contribution is -0.140. The molecule has 0 saturated carbocycles. The number of nitrogens with two attached hydrogens (primary N) is 1. The first-order chi connectivity index (χ1) is 11.0. The quantitative estimate of drug-likeness (QED) is 0.859. The van der Waals surface area contributed by atoms with Gasteiger partial charge < -0.3 is 15.5 Å². The van der Waals surface area contributed by atoms with E-state index in [0.717, 1.165) is 12.0 Å². The summed E-state index contributed by atoms with van der Waals surface area (Å²) >= 11 is 6.10. The van der Waals surface area contributed by atoms with Gasteiger partial charge in [-0.2, -0.15) is 0 Å². The molecule has 1 aliphatic heterocycles. The van der Waals surface area contributed by atoms with Crippen LogP contribution in [0.2, 0.25) is 5.02 Å². The van der Waals surface area contributed by atoms with E-state index in [1.54, 1.807) is 15.9 Å². The molecule has 1 unspecified atom stereocenters. The lowest BCUT2D eigenvalue weighted by atomic mass is 10.1. The molecule has 0 bridgehead atoms. The summed E-state index contributed by atoms with van der Waals surface area (Å²) in [6.07, 6.45) is 1.89. The van der Waals surface area contributed by atoms with Crippen molar-refractivity contribution in [3.63, 3.8) is 0 Å². The number of carbonyl (C=O) groups is 2. The Bertz CT molecular complexity index is 561. The topological polar surface area (TPSA) is 66.6 Å². The number of hydrogen-bond acceptors (Lipinski definition) is 3. The molecule has 0 spiro atoms. The van der Waals surface area contributed by atoms with E-state index in [-0.39, 0.29) is 24.2 Å². The molecule has 1 aromatic rings. The van der Waals surface area contributed by atoms with Crippen molar-refractivity contribution < 1.29 is 9.59 Å². The van der Waals surface area contributed by atoms with Crippen LogP contribution in [0.1, 0.15) is 25.3 Å². The van der Waals surface area contributed by atoms with Gasteiger partial charge in [-0.25, -0.2) is 0 Å². The van der Waals surface area contributed by atoms with Gasteiger partial charge in [0.2, 0.25) is 11.8 Å². The number of nitrogens with zero attached hydrogens (tertiary/aromatic N) is 2. The molecule has 2 N–H and O–H groups in total. The summed E-state index contributed by atoms with van der Waals surface area (Å²) in [5, 5.41) is 0.611. The van der Waals surface area contributed by atoms with Crippen LogP contribution < -0.4 is 5.73 Å². The predicted octanol–water partition coefficient (Wildman–Crippen LogP) is 2.10. The number of piperazine rings is 1. The third-order valence-corrected chi connectivity index (χ3v) is 4.53. The first-order valence-electron chi connectivity index (χ1n) is 8.08. The number of hydrogen-bond donors (Lipinski definition) is 1. The lowest BCUT2D eigenvalue weighted by Crippen LogP contribution is -2.54. The molecule has 0 aromatic heterocycles. The molecule has 2 rings (SSSR count).